The van der Waals surface area contributed by atoms with E-state index >= 15 is 0 Å². The summed E-state index contributed by atoms with van der Waals surface area (Å²) in [5.41, 5.74) is 0.455. The minimum Gasteiger partial charge on any atom is -0.354 e. The second-order valence-corrected chi connectivity index (χ2v) is 7.75. The van der Waals surface area contributed by atoms with Gasteiger partial charge in [-0.1, -0.05) is 34.5 Å². The normalized spacial score (nSPS) is 12.5. The van der Waals surface area contributed by atoms with Crippen LogP contribution in [-0.2, 0) is 6.18 Å². The number of hydrogen-bond acceptors (Lipinski definition) is 5. The van der Waals surface area contributed by atoms with Gasteiger partial charge >= 0.3 is 6.18 Å². The van der Waals surface area contributed by atoms with Gasteiger partial charge < -0.3 is 9.84 Å². The van der Waals surface area contributed by atoms with Crippen molar-refractivity contribution in [1.82, 2.24) is 19.9 Å². The third-order valence-corrected chi connectivity index (χ3v) is 5.26. The summed E-state index contributed by atoms with van der Waals surface area (Å²) < 4.78 is 47.0. The van der Waals surface area contributed by atoms with E-state index in [1.54, 1.807) is 32.0 Å². The Kier molecular flexibility index (Phi) is 5.94. The third-order valence-electron chi connectivity index (χ3n) is 4.96. The van der Waals surface area contributed by atoms with Crippen LogP contribution in [-0.4, -0.2) is 25.8 Å². The van der Waals surface area contributed by atoms with E-state index in [1.807, 2.05) is 0 Å². The van der Waals surface area contributed by atoms with Crippen molar-refractivity contribution in [3.05, 3.63) is 82.4 Å². The average Bonchev–Trinajstić information content (AvgIpc) is 3.43. The van der Waals surface area contributed by atoms with E-state index in [2.05, 4.69) is 20.6 Å². The van der Waals surface area contributed by atoms with E-state index in [4.69, 9.17) is 16.1 Å². The maximum absolute atomic E-state index is 13.5. The maximum Gasteiger partial charge on any atom is 0.416 e. The number of carbonyl (C=O) groups is 1. The molecule has 0 radical (unpaired) electrons. The summed E-state index contributed by atoms with van der Waals surface area (Å²) in [7, 11) is 0. The summed E-state index contributed by atoms with van der Waals surface area (Å²) in [5, 5.41) is 10.8. The zero-order valence-corrected chi connectivity index (χ0v) is 18.1. The SMILES string of the molecule is Cc1ccc([C@@H](C)n2cc(NC(=O)c3cc(-c4ncccc4Cl)on3)cn2)c(C(F)(F)F)c1. The van der Waals surface area contributed by atoms with Crippen LogP contribution in [0.15, 0.2) is 59.5 Å². The zero-order chi connectivity index (χ0) is 23.8. The Labute approximate surface area is 191 Å². The van der Waals surface area contributed by atoms with Gasteiger partial charge in [0, 0.05) is 18.5 Å². The second-order valence-electron chi connectivity index (χ2n) is 7.34. The Morgan fingerprint density at radius 1 is 1.24 bits per heavy atom. The largest absolute Gasteiger partial charge is 0.416 e. The molecule has 11 heteroatoms. The molecule has 0 aliphatic rings. The molecule has 33 heavy (non-hydrogen) atoms. The van der Waals surface area contributed by atoms with Gasteiger partial charge in [0.15, 0.2) is 11.5 Å². The van der Waals surface area contributed by atoms with Gasteiger partial charge in [-0.15, -0.1) is 0 Å². The quantitative estimate of drug-likeness (QED) is 0.395. The maximum atomic E-state index is 13.5. The van der Waals surface area contributed by atoms with Gasteiger partial charge in [0.25, 0.3) is 5.91 Å². The number of aryl methyl sites for hydroxylation is 1. The lowest BCUT2D eigenvalue weighted by atomic mass is 9.99. The number of amides is 1. The molecule has 0 aliphatic carbocycles. The van der Waals surface area contributed by atoms with Crippen molar-refractivity contribution in [3.63, 3.8) is 0 Å². The van der Waals surface area contributed by atoms with Gasteiger partial charge in [0.05, 0.1) is 28.5 Å². The Hall–Kier alpha value is -3.66. The van der Waals surface area contributed by atoms with Crippen molar-refractivity contribution in [2.75, 3.05) is 5.32 Å². The van der Waals surface area contributed by atoms with E-state index in [-0.39, 0.29) is 22.7 Å². The topological polar surface area (TPSA) is 85.8 Å². The van der Waals surface area contributed by atoms with Crippen LogP contribution in [0.3, 0.4) is 0 Å². The van der Waals surface area contributed by atoms with E-state index in [9.17, 15) is 18.0 Å². The molecule has 1 aromatic carbocycles. The molecule has 0 spiro atoms. The van der Waals surface area contributed by atoms with Gasteiger partial charge in [0.2, 0.25) is 0 Å². The van der Waals surface area contributed by atoms with Crippen LogP contribution in [0.2, 0.25) is 5.02 Å². The molecule has 4 rings (SSSR count). The molecule has 4 aromatic rings. The molecular weight excluding hydrogens is 459 g/mol. The van der Waals surface area contributed by atoms with Crippen LogP contribution >= 0.6 is 11.6 Å². The van der Waals surface area contributed by atoms with Crippen LogP contribution in [0.5, 0.6) is 0 Å². The number of nitrogens with one attached hydrogen (secondary N) is 1. The van der Waals surface area contributed by atoms with Gasteiger partial charge in [-0.3, -0.25) is 14.5 Å². The number of carbonyl (C=O) groups excluding carboxylic acids is 1. The lowest BCUT2D eigenvalue weighted by Gasteiger charge is -2.19. The van der Waals surface area contributed by atoms with Crippen LogP contribution in [0.1, 0.15) is 40.1 Å². The molecule has 1 amide bonds. The van der Waals surface area contributed by atoms with E-state index < -0.39 is 23.7 Å². The molecule has 0 aliphatic heterocycles. The van der Waals surface area contributed by atoms with Crippen molar-refractivity contribution in [2.45, 2.75) is 26.1 Å². The highest BCUT2D eigenvalue weighted by molar-refractivity contribution is 6.32. The second kappa shape index (κ2) is 8.70. The minimum absolute atomic E-state index is 0.0228. The molecule has 170 valence electrons. The highest BCUT2D eigenvalue weighted by atomic mass is 35.5. The highest BCUT2D eigenvalue weighted by Gasteiger charge is 2.35. The summed E-state index contributed by atoms with van der Waals surface area (Å²) >= 11 is 6.08. The van der Waals surface area contributed by atoms with Gasteiger partial charge in [-0.2, -0.15) is 18.3 Å². The molecular formula is C22H17ClF3N5O2. The molecule has 0 saturated heterocycles. The number of aromatic nitrogens is 4. The first-order valence-corrected chi connectivity index (χ1v) is 10.1. The molecule has 0 unspecified atom stereocenters. The first kappa shape index (κ1) is 22.5. The number of nitrogens with zero attached hydrogens (tertiary/aromatic N) is 4. The number of hydrogen-bond donors (Lipinski definition) is 1. The number of rotatable bonds is 5. The fourth-order valence-electron chi connectivity index (χ4n) is 3.29. The predicted molar refractivity (Wildman–Crippen MR) is 115 cm³/mol. The van der Waals surface area contributed by atoms with E-state index in [1.165, 1.54) is 35.4 Å². The smallest absolute Gasteiger partial charge is 0.354 e. The average molecular weight is 476 g/mol. The Morgan fingerprint density at radius 3 is 2.76 bits per heavy atom. The van der Waals surface area contributed by atoms with Gasteiger partial charge in [-0.25, -0.2) is 0 Å². The summed E-state index contributed by atoms with van der Waals surface area (Å²) in [4.78, 5) is 16.6. The number of anilines is 1. The minimum atomic E-state index is -4.50. The summed E-state index contributed by atoms with van der Waals surface area (Å²) in [6.07, 6.45) is -0.191. The predicted octanol–water partition coefficient (Wildman–Crippen LogP) is 5.78. The molecule has 0 bridgehead atoms. The number of benzene rings is 1. The molecule has 7 nitrogen and oxygen atoms in total. The van der Waals surface area contributed by atoms with Crippen LogP contribution in [0.4, 0.5) is 18.9 Å². The van der Waals surface area contributed by atoms with Crippen molar-refractivity contribution in [3.8, 4) is 11.5 Å². The molecule has 0 fully saturated rings. The van der Waals surface area contributed by atoms with Crippen LogP contribution in [0, 0.1) is 6.92 Å². The number of pyridine rings is 1. The lowest BCUT2D eigenvalue weighted by molar-refractivity contribution is -0.138. The van der Waals surface area contributed by atoms with Crippen molar-refractivity contribution >= 4 is 23.2 Å². The Bertz CT molecular complexity index is 1320. The lowest BCUT2D eigenvalue weighted by Crippen LogP contribution is -2.16. The van der Waals surface area contributed by atoms with Crippen LogP contribution in [0.25, 0.3) is 11.5 Å². The summed E-state index contributed by atoms with van der Waals surface area (Å²) in [6, 6.07) is 8.10. The monoisotopic (exact) mass is 475 g/mol. The standard InChI is InChI=1S/C22H17ClF3N5O2/c1-12-5-6-15(16(8-12)22(24,25)26)13(2)31-11-14(10-28-31)29-21(32)18-9-19(33-30-18)20-17(23)4-3-7-27-20/h3-11,13H,1-2H3,(H,29,32)/t13-/m1/s1. The first-order chi connectivity index (χ1) is 15.6. The molecule has 3 heterocycles. The third kappa shape index (κ3) is 4.75. The number of halogens is 4. The Balaban J connectivity index is 1.52. The van der Waals surface area contributed by atoms with E-state index in [0.717, 1.165) is 6.07 Å². The van der Waals surface area contributed by atoms with Crippen molar-refractivity contribution < 1.29 is 22.5 Å². The zero-order valence-electron chi connectivity index (χ0n) is 17.4. The van der Waals surface area contributed by atoms with Gasteiger partial charge in [0.1, 0.15) is 5.69 Å². The summed E-state index contributed by atoms with van der Waals surface area (Å²) in [6.45, 7) is 3.20. The molecule has 3 aromatic heterocycles. The molecule has 1 atom stereocenters. The molecule has 1 N–H and O–H groups in total. The van der Waals surface area contributed by atoms with Crippen LogP contribution < -0.4 is 5.32 Å². The highest BCUT2D eigenvalue weighted by Crippen LogP contribution is 2.36. The fourth-order valence-corrected chi connectivity index (χ4v) is 3.51. The first-order valence-electron chi connectivity index (χ1n) is 9.74. The van der Waals surface area contributed by atoms with E-state index in [0.29, 0.717) is 16.3 Å². The fraction of sp³-hybridized carbons (Fsp3) is 0.182. The number of alkyl halides is 3. The van der Waals surface area contributed by atoms with Gasteiger partial charge in [-0.05, 0) is 37.6 Å². The Morgan fingerprint density at radius 2 is 2.03 bits per heavy atom. The molecule has 0 saturated carbocycles. The summed E-state index contributed by atoms with van der Waals surface area (Å²) in [5.74, 6) is -0.371. The van der Waals surface area contributed by atoms with Crippen molar-refractivity contribution in [2.24, 2.45) is 0 Å². The van der Waals surface area contributed by atoms with Crippen molar-refractivity contribution in [1.29, 1.82) is 0 Å².